The van der Waals surface area contributed by atoms with Crippen molar-refractivity contribution < 1.29 is 19.4 Å². The van der Waals surface area contributed by atoms with Gasteiger partial charge in [0.25, 0.3) is 0 Å². The smallest absolute Gasteiger partial charge is 0.217 e. The molecule has 0 aromatic heterocycles. The number of aryl methyl sites for hydroxylation is 1. The molecule has 0 aliphatic heterocycles. The molecule has 3 rings (SSSR count). The highest BCUT2D eigenvalue weighted by Crippen LogP contribution is 2.49. The SMILES string of the molecule is COc1cc2c(c(OC)c1O)-c1ccc(SC)c(=O)cc1[C@H](NC(C)=O)CC2. The number of thioether (sulfide) groups is 1. The molecule has 1 aliphatic rings. The maximum absolute atomic E-state index is 12.7. The van der Waals surface area contributed by atoms with Crippen molar-refractivity contribution in [2.45, 2.75) is 30.7 Å². The number of carbonyl (C=O) groups is 1. The van der Waals surface area contributed by atoms with Crippen molar-refractivity contribution in [2.24, 2.45) is 0 Å². The zero-order chi connectivity index (χ0) is 20.4. The molecule has 0 radical (unpaired) electrons. The highest BCUT2D eigenvalue weighted by atomic mass is 32.2. The number of fused-ring (bicyclic) bond motifs is 3. The van der Waals surface area contributed by atoms with Crippen molar-refractivity contribution >= 4 is 17.7 Å². The Balaban J connectivity index is 2.40. The molecule has 28 heavy (non-hydrogen) atoms. The molecule has 0 saturated heterocycles. The topological polar surface area (TPSA) is 84.9 Å². The Bertz CT molecular complexity index is 989. The lowest BCUT2D eigenvalue weighted by molar-refractivity contribution is -0.119. The van der Waals surface area contributed by atoms with Gasteiger partial charge in [0, 0.05) is 12.5 Å². The number of amides is 1. The first-order valence-corrected chi connectivity index (χ1v) is 10.1. The second-order valence-corrected chi connectivity index (χ2v) is 7.41. The second-order valence-electron chi connectivity index (χ2n) is 6.57. The van der Waals surface area contributed by atoms with Crippen LogP contribution in [0.2, 0.25) is 0 Å². The molecule has 148 valence electrons. The summed E-state index contributed by atoms with van der Waals surface area (Å²) in [6, 6.07) is 6.67. The quantitative estimate of drug-likeness (QED) is 0.765. The van der Waals surface area contributed by atoms with E-state index in [4.69, 9.17) is 9.47 Å². The molecule has 0 fully saturated rings. The van der Waals surface area contributed by atoms with Crippen LogP contribution in [0, 0.1) is 0 Å². The first-order valence-electron chi connectivity index (χ1n) is 8.87. The second kappa shape index (κ2) is 8.14. The summed E-state index contributed by atoms with van der Waals surface area (Å²) in [5.74, 6) is 0.359. The maximum Gasteiger partial charge on any atom is 0.217 e. The van der Waals surface area contributed by atoms with Gasteiger partial charge in [-0.3, -0.25) is 9.59 Å². The predicted octanol–water partition coefficient (Wildman–Crippen LogP) is 3.28. The average molecular weight is 401 g/mol. The van der Waals surface area contributed by atoms with E-state index >= 15 is 0 Å². The van der Waals surface area contributed by atoms with E-state index in [1.54, 1.807) is 18.2 Å². The Morgan fingerprint density at radius 3 is 2.61 bits per heavy atom. The predicted molar refractivity (Wildman–Crippen MR) is 110 cm³/mol. The lowest BCUT2D eigenvalue weighted by Gasteiger charge is -2.18. The molecule has 2 N–H and O–H groups in total. The minimum absolute atomic E-state index is 0.0911. The number of methoxy groups -OCH3 is 2. The minimum atomic E-state index is -0.326. The van der Waals surface area contributed by atoms with Gasteiger partial charge >= 0.3 is 0 Å². The van der Waals surface area contributed by atoms with Crippen LogP contribution in [-0.4, -0.2) is 31.5 Å². The summed E-state index contributed by atoms with van der Waals surface area (Å²) >= 11 is 1.37. The third kappa shape index (κ3) is 3.54. The summed E-state index contributed by atoms with van der Waals surface area (Å²) in [4.78, 5) is 25.1. The van der Waals surface area contributed by atoms with E-state index in [1.807, 2.05) is 12.3 Å². The number of nitrogens with one attached hydrogen (secondary N) is 1. The summed E-state index contributed by atoms with van der Waals surface area (Å²) in [5, 5.41) is 13.6. The zero-order valence-corrected chi connectivity index (χ0v) is 17.1. The molecule has 1 aliphatic carbocycles. The summed E-state index contributed by atoms with van der Waals surface area (Å²) in [5.41, 5.74) is 2.99. The fourth-order valence-corrected chi connectivity index (χ4v) is 4.15. The fourth-order valence-electron chi connectivity index (χ4n) is 3.68. The van der Waals surface area contributed by atoms with Gasteiger partial charge in [0.05, 0.1) is 25.2 Å². The van der Waals surface area contributed by atoms with E-state index in [-0.39, 0.29) is 23.1 Å². The number of hydrogen-bond donors (Lipinski definition) is 2. The van der Waals surface area contributed by atoms with Gasteiger partial charge in [-0.25, -0.2) is 0 Å². The summed E-state index contributed by atoms with van der Waals surface area (Å²) in [6.07, 6.45) is 3.07. The number of rotatable bonds is 4. The van der Waals surface area contributed by atoms with Gasteiger partial charge in [-0.15, -0.1) is 11.8 Å². The largest absolute Gasteiger partial charge is 0.502 e. The standard InChI is InChI=1S/C21H23NO5S/c1-11(23)22-15-7-5-12-9-17(26-2)20(25)21(27-3)19(12)13-6-8-18(28-4)16(24)10-14(13)15/h6,8-10,15,25H,5,7H2,1-4H3,(H,22,23)/t15-/m1/s1. The lowest BCUT2D eigenvalue weighted by Crippen LogP contribution is -2.26. The molecule has 0 bridgehead atoms. The molecule has 2 aromatic rings. The third-order valence-corrected chi connectivity index (χ3v) is 5.69. The lowest BCUT2D eigenvalue weighted by atomic mass is 9.95. The minimum Gasteiger partial charge on any atom is -0.502 e. The van der Waals surface area contributed by atoms with Crippen LogP contribution in [0.15, 0.2) is 34.0 Å². The molecule has 1 atom stereocenters. The van der Waals surface area contributed by atoms with E-state index in [2.05, 4.69) is 5.32 Å². The molecule has 0 unspecified atom stereocenters. The number of aromatic hydroxyl groups is 1. The Kier molecular flexibility index (Phi) is 5.84. The van der Waals surface area contributed by atoms with Crippen LogP contribution in [-0.2, 0) is 11.2 Å². The Morgan fingerprint density at radius 1 is 1.25 bits per heavy atom. The number of ether oxygens (including phenoxy) is 2. The van der Waals surface area contributed by atoms with Crippen LogP contribution < -0.4 is 20.2 Å². The number of phenolic OH excluding ortho intramolecular Hbond substituents is 1. The molecule has 2 aromatic carbocycles. The van der Waals surface area contributed by atoms with Crippen LogP contribution in [0.25, 0.3) is 11.1 Å². The van der Waals surface area contributed by atoms with Crippen LogP contribution in [0.5, 0.6) is 17.2 Å². The molecule has 7 heteroatoms. The van der Waals surface area contributed by atoms with Crippen LogP contribution in [0.4, 0.5) is 0 Å². The highest BCUT2D eigenvalue weighted by Gasteiger charge is 2.28. The van der Waals surface area contributed by atoms with Crippen molar-refractivity contribution in [3.05, 3.63) is 45.6 Å². The molecule has 0 heterocycles. The van der Waals surface area contributed by atoms with Crippen LogP contribution in [0.1, 0.15) is 30.5 Å². The highest BCUT2D eigenvalue weighted by molar-refractivity contribution is 7.98. The summed E-state index contributed by atoms with van der Waals surface area (Å²) in [7, 11) is 2.97. The third-order valence-electron chi connectivity index (χ3n) is 4.91. The van der Waals surface area contributed by atoms with Gasteiger partial charge in [-0.05, 0) is 54.0 Å². The normalized spacial score (nSPS) is 15.1. The molecule has 1 amide bonds. The first kappa shape index (κ1) is 20.1. The number of benzene rings is 1. The van der Waals surface area contributed by atoms with E-state index in [9.17, 15) is 14.7 Å². The van der Waals surface area contributed by atoms with E-state index in [0.29, 0.717) is 40.4 Å². The monoisotopic (exact) mass is 401 g/mol. The number of phenols is 1. The Morgan fingerprint density at radius 2 is 2.00 bits per heavy atom. The van der Waals surface area contributed by atoms with Crippen molar-refractivity contribution in [2.75, 3.05) is 20.5 Å². The molecule has 6 nitrogen and oxygen atoms in total. The van der Waals surface area contributed by atoms with Gasteiger partial charge in [0.1, 0.15) is 0 Å². The molecular weight excluding hydrogens is 378 g/mol. The molecule has 0 saturated carbocycles. The van der Waals surface area contributed by atoms with E-state index in [0.717, 1.165) is 11.1 Å². The van der Waals surface area contributed by atoms with Crippen molar-refractivity contribution in [1.29, 1.82) is 0 Å². The van der Waals surface area contributed by atoms with Gasteiger partial charge in [-0.1, -0.05) is 6.07 Å². The van der Waals surface area contributed by atoms with Gasteiger partial charge in [0.15, 0.2) is 16.9 Å². The number of carbonyl (C=O) groups excluding carboxylic acids is 1. The zero-order valence-electron chi connectivity index (χ0n) is 16.3. The van der Waals surface area contributed by atoms with E-state index in [1.165, 1.54) is 32.9 Å². The van der Waals surface area contributed by atoms with E-state index < -0.39 is 0 Å². The Labute approximate surface area is 167 Å². The van der Waals surface area contributed by atoms with Crippen molar-refractivity contribution in [3.8, 4) is 28.4 Å². The van der Waals surface area contributed by atoms with Crippen LogP contribution in [0.3, 0.4) is 0 Å². The molecular formula is C21H23NO5S. The fraction of sp³-hybridized carbons (Fsp3) is 0.333. The van der Waals surface area contributed by atoms with Crippen molar-refractivity contribution in [3.63, 3.8) is 0 Å². The maximum atomic E-state index is 12.7. The van der Waals surface area contributed by atoms with Gasteiger partial charge < -0.3 is 19.9 Å². The van der Waals surface area contributed by atoms with Gasteiger partial charge in [-0.2, -0.15) is 0 Å². The van der Waals surface area contributed by atoms with Gasteiger partial charge in [0.2, 0.25) is 11.7 Å². The summed E-state index contributed by atoms with van der Waals surface area (Å²) < 4.78 is 10.8. The first-order chi connectivity index (χ1) is 13.4. The summed E-state index contributed by atoms with van der Waals surface area (Å²) in [6.45, 7) is 1.46. The average Bonchev–Trinajstić information content (AvgIpc) is 2.90. The number of hydrogen-bond acceptors (Lipinski definition) is 6. The molecule has 0 spiro atoms. The van der Waals surface area contributed by atoms with Crippen LogP contribution >= 0.6 is 11.8 Å². The van der Waals surface area contributed by atoms with Crippen molar-refractivity contribution in [1.82, 2.24) is 5.32 Å². The Hall–Kier alpha value is -2.67.